The maximum Gasteiger partial charge on any atom is 0.255 e. The number of aryl methyl sites for hydroxylation is 1. The van der Waals surface area contributed by atoms with Gasteiger partial charge in [-0.3, -0.25) is 9.78 Å². The summed E-state index contributed by atoms with van der Waals surface area (Å²) in [5.41, 5.74) is 3.47. The lowest BCUT2D eigenvalue weighted by Gasteiger charge is -2.16. The highest BCUT2D eigenvalue weighted by atomic mass is 32.1. The fourth-order valence-corrected chi connectivity index (χ4v) is 4.16. The minimum absolute atomic E-state index is 0.253. The molecule has 0 aliphatic heterocycles. The van der Waals surface area contributed by atoms with Crippen LogP contribution in [0.2, 0.25) is 0 Å². The summed E-state index contributed by atoms with van der Waals surface area (Å²) in [5.74, 6) is -0.295. The molecule has 4 aromatic rings. The molecule has 1 N–H and O–H groups in total. The summed E-state index contributed by atoms with van der Waals surface area (Å²) in [4.78, 5) is 27.4. The standard InChI is InChI=1S/C26H20N6OS/c1-16-7-8-19(31-24(33)17-5-4-6-18(11-17)26(2,3)15-28)12-20(16)32-22(14-27)23-13-21-25(34-23)30-10-9-29-21/h4-13H,1-3H3,(H,31,33)/b32-22+. The van der Waals surface area contributed by atoms with Crippen molar-refractivity contribution in [2.45, 2.75) is 26.2 Å². The van der Waals surface area contributed by atoms with Gasteiger partial charge in [-0.05, 0) is 62.2 Å². The Labute approximate surface area is 201 Å². The van der Waals surface area contributed by atoms with Gasteiger partial charge < -0.3 is 5.32 Å². The van der Waals surface area contributed by atoms with Crippen molar-refractivity contribution in [3.8, 4) is 12.1 Å². The van der Waals surface area contributed by atoms with Gasteiger partial charge in [0.1, 0.15) is 16.4 Å². The van der Waals surface area contributed by atoms with E-state index >= 15 is 0 Å². The number of amides is 1. The number of nitriles is 2. The summed E-state index contributed by atoms with van der Waals surface area (Å²) in [7, 11) is 0. The molecule has 34 heavy (non-hydrogen) atoms. The van der Waals surface area contributed by atoms with Gasteiger partial charge in [-0.2, -0.15) is 10.5 Å². The second-order valence-corrected chi connectivity index (χ2v) is 9.23. The third-order valence-electron chi connectivity index (χ3n) is 5.33. The number of hydrogen-bond acceptors (Lipinski definition) is 7. The highest BCUT2D eigenvalue weighted by Crippen LogP contribution is 2.28. The predicted octanol–water partition coefficient (Wildman–Crippen LogP) is 5.70. The number of benzene rings is 2. The van der Waals surface area contributed by atoms with E-state index in [1.165, 1.54) is 11.3 Å². The predicted molar refractivity (Wildman–Crippen MR) is 133 cm³/mol. The summed E-state index contributed by atoms with van der Waals surface area (Å²) >= 11 is 1.35. The number of hydrogen-bond donors (Lipinski definition) is 1. The highest BCUT2D eigenvalue weighted by molar-refractivity contribution is 7.20. The molecule has 0 saturated heterocycles. The molecule has 0 aliphatic carbocycles. The maximum atomic E-state index is 12.9. The normalized spacial score (nSPS) is 11.6. The van der Waals surface area contributed by atoms with E-state index < -0.39 is 5.41 Å². The van der Waals surface area contributed by atoms with Crippen LogP contribution in [0, 0.1) is 29.6 Å². The third-order valence-corrected chi connectivity index (χ3v) is 6.37. The van der Waals surface area contributed by atoms with Crippen LogP contribution in [0.15, 0.2) is 65.9 Å². The zero-order valence-corrected chi connectivity index (χ0v) is 19.6. The Balaban J connectivity index is 1.62. The van der Waals surface area contributed by atoms with Crippen LogP contribution in [0.1, 0.15) is 40.2 Å². The fraction of sp³-hybridized carbons (Fsp3) is 0.154. The summed E-state index contributed by atoms with van der Waals surface area (Å²) < 4.78 is 0. The number of thiophene rings is 1. The molecule has 0 atom stereocenters. The molecule has 8 heteroatoms. The summed E-state index contributed by atoms with van der Waals surface area (Å²) in [5, 5.41) is 22.0. The van der Waals surface area contributed by atoms with Gasteiger partial charge in [-0.15, -0.1) is 11.3 Å². The number of rotatable bonds is 5. The SMILES string of the molecule is Cc1ccc(NC(=O)c2cccc(C(C)(C)C#N)c2)cc1/N=C(\C#N)c1cc2nccnc2s1. The van der Waals surface area contributed by atoms with E-state index in [9.17, 15) is 15.3 Å². The van der Waals surface area contributed by atoms with Gasteiger partial charge >= 0.3 is 0 Å². The molecule has 0 fully saturated rings. The molecule has 0 unspecified atom stereocenters. The average Bonchev–Trinajstić information content (AvgIpc) is 3.28. The minimum Gasteiger partial charge on any atom is -0.322 e. The molecule has 0 saturated carbocycles. The molecular formula is C26H20N6OS. The van der Waals surface area contributed by atoms with Gasteiger partial charge in [0.15, 0.2) is 5.71 Å². The van der Waals surface area contributed by atoms with Crippen molar-refractivity contribution in [2.75, 3.05) is 5.32 Å². The number of nitrogens with one attached hydrogen (secondary N) is 1. The lowest BCUT2D eigenvalue weighted by molar-refractivity contribution is 0.102. The second kappa shape index (κ2) is 9.22. The van der Waals surface area contributed by atoms with Gasteiger partial charge in [-0.25, -0.2) is 9.98 Å². The van der Waals surface area contributed by atoms with Gasteiger partial charge in [0.25, 0.3) is 5.91 Å². The smallest absolute Gasteiger partial charge is 0.255 e. The first-order valence-electron chi connectivity index (χ1n) is 10.4. The largest absolute Gasteiger partial charge is 0.322 e. The van der Waals surface area contributed by atoms with E-state index in [0.717, 1.165) is 16.0 Å². The number of anilines is 1. The molecule has 7 nitrogen and oxygen atoms in total. The van der Waals surface area contributed by atoms with Gasteiger partial charge in [0, 0.05) is 23.6 Å². The molecule has 0 aliphatic rings. The first-order chi connectivity index (χ1) is 16.3. The van der Waals surface area contributed by atoms with E-state index in [1.807, 2.05) is 32.9 Å². The van der Waals surface area contributed by atoms with Crippen LogP contribution in [0.3, 0.4) is 0 Å². The molecule has 0 radical (unpaired) electrons. The van der Waals surface area contributed by atoms with Crippen molar-refractivity contribution in [2.24, 2.45) is 4.99 Å². The number of aromatic nitrogens is 2. The number of fused-ring (bicyclic) bond motifs is 1. The van der Waals surface area contributed by atoms with E-state index in [4.69, 9.17) is 0 Å². The lowest BCUT2D eigenvalue weighted by Crippen LogP contribution is -2.17. The Morgan fingerprint density at radius 1 is 1.09 bits per heavy atom. The lowest BCUT2D eigenvalue weighted by atomic mass is 9.85. The van der Waals surface area contributed by atoms with Gasteiger partial charge in [-0.1, -0.05) is 18.2 Å². The molecule has 2 heterocycles. The van der Waals surface area contributed by atoms with Crippen molar-refractivity contribution in [1.29, 1.82) is 10.5 Å². The molecule has 0 spiro atoms. The van der Waals surface area contributed by atoms with Crippen LogP contribution in [-0.2, 0) is 5.41 Å². The van der Waals surface area contributed by atoms with Crippen LogP contribution >= 0.6 is 11.3 Å². The van der Waals surface area contributed by atoms with Crippen LogP contribution in [0.25, 0.3) is 10.3 Å². The molecule has 2 aromatic carbocycles. The maximum absolute atomic E-state index is 12.9. The van der Waals surface area contributed by atoms with Crippen molar-refractivity contribution in [3.05, 3.63) is 82.5 Å². The molecular weight excluding hydrogens is 444 g/mol. The fourth-order valence-electron chi connectivity index (χ4n) is 3.27. The van der Waals surface area contributed by atoms with Gasteiger partial charge in [0.2, 0.25) is 0 Å². The second-order valence-electron chi connectivity index (χ2n) is 8.20. The first kappa shape index (κ1) is 22.8. The van der Waals surface area contributed by atoms with E-state index in [0.29, 0.717) is 27.3 Å². The average molecular weight is 465 g/mol. The Kier molecular flexibility index (Phi) is 6.18. The zero-order chi connectivity index (χ0) is 24.3. The molecule has 166 valence electrons. The van der Waals surface area contributed by atoms with Crippen molar-refractivity contribution >= 4 is 44.7 Å². The zero-order valence-electron chi connectivity index (χ0n) is 18.8. The number of carbonyl (C=O) groups is 1. The summed E-state index contributed by atoms with van der Waals surface area (Å²) in [6.45, 7) is 5.51. The minimum atomic E-state index is -0.701. The van der Waals surface area contributed by atoms with Crippen LogP contribution in [0.5, 0.6) is 0 Å². The van der Waals surface area contributed by atoms with Crippen LogP contribution < -0.4 is 5.32 Å². The van der Waals surface area contributed by atoms with E-state index in [2.05, 4.69) is 32.4 Å². The van der Waals surface area contributed by atoms with Gasteiger partial charge in [0.05, 0.1) is 22.0 Å². The Bertz CT molecular complexity index is 1490. The first-order valence-corrected chi connectivity index (χ1v) is 11.3. The Morgan fingerprint density at radius 3 is 2.62 bits per heavy atom. The molecule has 4 rings (SSSR count). The highest BCUT2D eigenvalue weighted by Gasteiger charge is 2.21. The Hall–Kier alpha value is -4.40. The van der Waals surface area contributed by atoms with E-state index in [1.54, 1.807) is 48.8 Å². The van der Waals surface area contributed by atoms with Crippen LogP contribution in [0.4, 0.5) is 11.4 Å². The molecule has 1 amide bonds. The quantitative estimate of drug-likeness (QED) is 0.381. The van der Waals surface area contributed by atoms with E-state index in [-0.39, 0.29) is 11.6 Å². The van der Waals surface area contributed by atoms with Crippen molar-refractivity contribution in [3.63, 3.8) is 0 Å². The summed E-state index contributed by atoms with van der Waals surface area (Å²) in [6.07, 6.45) is 3.22. The van der Waals surface area contributed by atoms with Crippen molar-refractivity contribution in [1.82, 2.24) is 9.97 Å². The number of aliphatic imine (C=N–C) groups is 1. The van der Waals surface area contributed by atoms with Crippen molar-refractivity contribution < 1.29 is 4.79 Å². The molecule has 2 aromatic heterocycles. The number of nitrogens with zero attached hydrogens (tertiary/aromatic N) is 5. The monoisotopic (exact) mass is 464 g/mol. The van der Waals surface area contributed by atoms with Crippen LogP contribution in [-0.4, -0.2) is 21.6 Å². The Morgan fingerprint density at radius 2 is 1.88 bits per heavy atom. The topological polar surface area (TPSA) is 115 Å². The molecule has 0 bridgehead atoms. The third kappa shape index (κ3) is 4.68. The number of carbonyl (C=O) groups excluding carboxylic acids is 1. The summed E-state index contributed by atoms with van der Waals surface area (Å²) in [6, 6.07) is 18.6.